The number of nitrogens with one attached hydrogen (secondary N) is 1. The Bertz CT molecular complexity index is 206. The minimum atomic E-state index is 0.463. The molecule has 0 atom stereocenters. The van der Waals surface area contributed by atoms with E-state index in [1.54, 1.807) is 6.07 Å². The van der Waals surface area contributed by atoms with Crippen molar-refractivity contribution in [3.63, 3.8) is 0 Å². The summed E-state index contributed by atoms with van der Waals surface area (Å²) >= 11 is 0. The van der Waals surface area contributed by atoms with Crippen molar-refractivity contribution in [3.8, 4) is 0 Å². The van der Waals surface area contributed by atoms with Crippen LogP contribution >= 0.6 is 0 Å². The third-order valence-electron chi connectivity index (χ3n) is 1.30. The fraction of sp³-hybridized carbons (Fsp3) is 0.429. The summed E-state index contributed by atoms with van der Waals surface area (Å²) in [5.41, 5.74) is 6.28. The summed E-state index contributed by atoms with van der Waals surface area (Å²) < 4.78 is 0. The first-order valence-electron chi connectivity index (χ1n) is 3.61. The lowest BCUT2D eigenvalue weighted by Crippen LogP contribution is -2.13. The summed E-state index contributed by atoms with van der Waals surface area (Å²) in [4.78, 5) is 0. The third-order valence-corrected chi connectivity index (χ3v) is 1.30. The van der Waals surface area contributed by atoms with Gasteiger partial charge in [0.25, 0.3) is 0 Å². The molecule has 1 aromatic rings. The first-order valence-corrected chi connectivity index (χ1v) is 3.61. The Kier molecular flexibility index (Phi) is 2.80. The van der Waals surface area contributed by atoms with Crippen LogP contribution in [0.5, 0.6) is 0 Å². The SMILES string of the molecule is CCNCc1ccc(N)nn1. The Labute approximate surface area is 65.8 Å². The van der Waals surface area contributed by atoms with Crippen LogP contribution in [-0.4, -0.2) is 16.7 Å². The highest BCUT2D eigenvalue weighted by Crippen LogP contribution is 1.95. The minimum Gasteiger partial charge on any atom is -0.382 e. The molecule has 0 fully saturated rings. The predicted molar refractivity (Wildman–Crippen MR) is 43.8 cm³/mol. The highest BCUT2D eigenvalue weighted by atomic mass is 15.1. The van der Waals surface area contributed by atoms with Crippen LogP contribution < -0.4 is 11.1 Å². The molecule has 0 saturated carbocycles. The van der Waals surface area contributed by atoms with Gasteiger partial charge in [0.05, 0.1) is 5.69 Å². The molecule has 0 unspecified atom stereocenters. The summed E-state index contributed by atoms with van der Waals surface area (Å²) in [6.07, 6.45) is 0. The molecule has 0 bridgehead atoms. The van der Waals surface area contributed by atoms with E-state index >= 15 is 0 Å². The monoisotopic (exact) mass is 152 g/mol. The first-order chi connectivity index (χ1) is 5.33. The number of nitrogens with zero attached hydrogens (tertiary/aromatic N) is 2. The van der Waals surface area contributed by atoms with E-state index in [0.29, 0.717) is 5.82 Å². The van der Waals surface area contributed by atoms with E-state index in [1.807, 2.05) is 13.0 Å². The van der Waals surface area contributed by atoms with Crippen LogP contribution in [0.2, 0.25) is 0 Å². The second-order valence-corrected chi connectivity index (χ2v) is 2.23. The molecule has 0 saturated heterocycles. The molecule has 0 aliphatic rings. The van der Waals surface area contributed by atoms with E-state index in [4.69, 9.17) is 5.73 Å². The van der Waals surface area contributed by atoms with E-state index in [1.165, 1.54) is 0 Å². The zero-order valence-electron chi connectivity index (χ0n) is 6.54. The van der Waals surface area contributed by atoms with Crippen LogP contribution in [0.3, 0.4) is 0 Å². The summed E-state index contributed by atoms with van der Waals surface area (Å²) in [7, 11) is 0. The molecule has 11 heavy (non-hydrogen) atoms. The summed E-state index contributed by atoms with van der Waals surface area (Å²) in [5, 5.41) is 10.7. The van der Waals surface area contributed by atoms with Gasteiger partial charge in [-0.3, -0.25) is 0 Å². The predicted octanol–water partition coefficient (Wildman–Crippen LogP) is 0.168. The molecule has 0 aromatic carbocycles. The van der Waals surface area contributed by atoms with Crippen LogP contribution in [0.4, 0.5) is 5.82 Å². The summed E-state index contributed by atoms with van der Waals surface area (Å²) in [6, 6.07) is 3.62. The second kappa shape index (κ2) is 3.88. The maximum Gasteiger partial charge on any atom is 0.146 e. The molecular weight excluding hydrogens is 140 g/mol. The van der Waals surface area contributed by atoms with Crippen molar-refractivity contribution < 1.29 is 0 Å². The first kappa shape index (κ1) is 7.94. The molecule has 1 aromatic heterocycles. The molecule has 4 heteroatoms. The van der Waals surface area contributed by atoms with E-state index in [-0.39, 0.29) is 0 Å². The Balaban J connectivity index is 2.52. The molecule has 0 aliphatic heterocycles. The molecule has 0 amide bonds. The van der Waals surface area contributed by atoms with Gasteiger partial charge in [-0.1, -0.05) is 6.92 Å². The van der Waals surface area contributed by atoms with Crippen molar-refractivity contribution in [2.24, 2.45) is 0 Å². The van der Waals surface area contributed by atoms with Crippen molar-refractivity contribution in [2.75, 3.05) is 12.3 Å². The Hall–Kier alpha value is -1.16. The highest BCUT2D eigenvalue weighted by Gasteiger charge is 1.92. The molecule has 0 radical (unpaired) electrons. The molecule has 0 aliphatic carbocycles. The van der Waals surface area contributed by atoms with Crippen LogP contribution in [-0.2, 0) is 6.54 Å². The largest absolute Gasteiger partial charge is 0.382 e. The van der Waals surface area contributed by atoms with Crippen molar-refractivity contribution >= 4 is 5.82 Å². The molecular formula is C7H12N4. The van der Waals surface area contributed by atoms with Gasteiger partial charge < -0.3 is 11.1 Å². The Morgan fingerprint density at radius 2 is 2.27 bits per heavy atom. The van der Waals surface area contributed by atoms with Gasteiger partial charge in [0, 0.05) is 6.54 Å². The van der Waals surface area contributed by atoms with Crippen LogP contribution in [0.1, 0.15) is 12.6 Å². The third kappa shape index (κ3) is 2.51. The lowest BCUT2D eigenvalue weighted by Gasteiger charge is -1.98. The van der Waals surface area contributed by atoms with Crippen LogP contribution in [0.25, 0.3) is 0 Å². The van der Waals surface area contributed by atoms with Gasteiger partial charge in [-0.25, -0.2) is 0 Å². The van der Waals surface area contributed by atoms with E-state index in [2.05, 4.69) is 15.5 Å². The van der Waals surface area contributed by atoms with Gasteiger partial charge in [-0.2, -0.15) is 5.10 Å². The molecule has 1 heterocycles. The fourth-order valence-corrected chi connectivity index (χ4v) is 0.718. The van der Waals surface area contributed by atoms with Gasteiger partial charge in [-0.05, 0) is 18.7 Å². The van der Waals surface area contributed by atoms with E-state index < -0.39 is 0 Å². The zero-order valence-corrected chi connectivity index (χ0v) is 6.54. The molecule has 0 spiro atoms. The fourth-order valence-electron chi connectivity index (χ4n) is 0.718. The van der Waals surface area contributed by atoms with Crippen LogP contribution in [0, 0.1) is 0 Å². The quantitative estimate of drug-likeness (QED) is 0.648. The number of hydrogen-bond acceptors (Lipinski definition) is 4. The van der Waals surface area contributed by atoms with Gasteiger partial charge in [0.2, 0.25) is 0 Å². The van der Waals surface area contributed by atoms with Gasteiger partial charge in [0.15, 0.2) is 0 Å². The average molecular weight is 152 g/mol. The lowest BCUT2D eigenvalue weighted by atomic mass is 10.4. The second-order valence-electron chi connectivity index (χ2n) is 2.23. The molecule has 4 nitrogen and oxygen atoms in total. The molecule has 3 N–H and O–H groups in total. The van der Waals surface area contributed by atoms with Crippen molar-refractivity contribution in [3.05, 3.63) is 17.8 Å². The number of rotatable bonds is 3. The highest BCUT2D eigenvalue weighted by molar-refractivity contribution is 5.25. The summed E-state index contributed by atoms with van der Waals surface area (Å²) in [6.45, 7) is 3.74. The number of nitrogen functional groups attached to an aromatic ring is 1. The minimum absolute atomic E-state index is 0.463. The van der Waals surface area contributed by atoms with Gasteiger partial charge in [-0.15, -0.1) is 5.10 Å². The van der Waals surface area contributed by atoms with E-state index in [9.17, 15) is 0 Å². The van der Waals surface area contributed by atoms with Crippen LogP contribution in [0.15, 0.2) is 12.1 Å². The normalized spacial score (nSPS) is 9.91. The van der Waals surface area contributed by atoms with Gasteiger partial charge in [0.1, 0.15) is 5.82 Å². The Morgan fingerprint density at radius 1 is 1.45 bits per heavy atom. The van der Waals surface area contributed by atoms with Gasteiger partial charge >= 0.3 is 0 Å². The lowest BCUT2D eigenvalue weighted by molar-refractivity contribution is 0.699. The summed E-state index contributed by atoms with van der Waals surface area (Å²) in [5.74, 6) is 0.463. The molecule has 60 valence electrons. The maximum absolute atomic E-state index is 5.36. The van der Waals surface area contributed by atoms with Crippen molar-refractivity contribution in [1.82, 2.24) is 15.5 Å². The Morgan fingerprint density at radius 3 is 2.82 bits per heavy atom. The average Bonchev–Trinajstić information content (AvgIpc) is 2.04. The smallest absolute Gasteiger partial charge is 0.146 e. The number of hydrogen-bond donors (Lipinski definition) is 2. The molecule has 1 rings (SSSR count). The number of anilines is 1. The van der Waals surface area contributed by atoms with E-state index in [0.717, 1.165) is 18.8 Å². The van der Waals surface area contributed by atoms with Crippen molar-refractivity contribution in [2.45, 2.75) is 13.5 Å². The topological polar surface area (TPSA) is 63.8 Å². The zero-order chi connectivity index (χ0) is 8.10. The maximum atomic E-state index is 5.36. The number of nitrogens with two attached hydrogens (primary N) is 1. The standard InChI is InChI=1S/C7H12N4/c1-2-9-5-6-3-4-7(8)11-10-6/h3-4,9H,2,5H2,1H3,(H2,8,11). The van der Waals surface area contributed by atoms with Crippen molar-refractivity contribution in [1.29, 1.82) is 0 Å². The number of aromatic nitrogens is 2.